The Morgan fingerprint density at radius 1 is 1.19 bits per heavy atom. The Kier molecular flexibility index (Phi) is 3.77. The topological polar surface area (TPSA) is 86.9 Å². The van der Waals surface area contributed by atoms with Gasteiger partial charge in [-0.3, -0.25) is 4.79 Å². The van der Waals surface area contributed by atoms with Crippen molar-refractivity contribution in [2.45, 2.75) is 6.18 Å². The van der Waals surface area contributed by atoms with Gasteiger partial charge in [-0.15, -0.1) is 0 Å². The minimum Gasteiger partial charge on any atom is -0.384 e. The number of primary amides is 1. The Balaban J connectivity index is 2.63. The number of nitrogen functional groups attached to an aromatic ring is 1. The molecular weight excluding hydrogens is 332 g/mol. The average molecular weight is 339 g/mol. The number of halogens is 5. The lowest BCUT2D eigenvalue weighted by Crippen LogP contribution is -2.13. The van der Waals surface area contributed by atoms with Gasteiger partial charge >= 0.3 is 6.18 Å². The number of aromatic nitrogens is 2. The van der Waals surface area contributed by atoms with Crippen LogP contribution in [0.25, 0.3) is 5.69 Å². The minimum absolute atomic E-state index is 0.0487. The standard InChI is InChI=1S/C11H7Cl2F3N4O/c12-5-1-4(11(14,15)16)2-6(13)9(5)20-8(17)3-7(19-20)10(18)21/h1-3H,17H2,(H2,18,21). The van der Waals surface area contributed by atoms with Crippen molar-refractivity contribution in [1.82, 2.24) is 9.78 Å². The highest BCUT2D eigenvalue weighted by atomic mass is 35.5. The van der Waals surface area contributed by atoms with Crippen LogP contribution in [0.3, 0.4) is 0 Å². The van der Waals surface area contributed by atoms with E-state index in [1.54, 1.807) is 0 Å². The third kappa shape index (κ3) is 2.91. The van der Waals surface area contributed by atoms with Crippen molar-refractivity contribution >= 4 is 34.9 Å². The highest BCUT2D eigenvalue weighted by molar-refractivity contribution is 6.38. The van der Waals surface area contributed by atoms with Gasteiger partial charge in [0.2, 0.25) is 0 Å². The molecule has 1 aromatic heterocycles. The first-order chi connectivity index (χ1) is 9.61. The van der Waals surface area contributed by atoms with Crippen LogP contribution in [0.4, 0.5) is 19.0 Å². The number of nitrogens with two attached hydrogens (primary N) is 2. The van der Waals surface area contributed by atoms with Gasteiger partial charge in [0, 0.05) is 6.07 Å². The Hall–Kier alpha value is -1.93. The molecule has 1 amide bonds. The first kappa shape index (κ1) is 15.5. The number of hydrogen-bond donors (Lipinski definition) is 2. The molecule has 21 heavy (non-hydrogen) atoms. The van der Waals surface area contributed by atoms with Gasteiger partial charge < -0.3 is 11.5 Å². The molecule has 0 aliphatic heterocycles. The molecular formula is C11H7Cl2F3N4O. The maximum Gasteiger partial charge on any atom is 0.416 e. The lowest BCUT2D eigenvalue weighted by Gasteiger charge is -2.13. The molecule has 0 bridgehead atoms. The lowest BCUT2D eigenvalue weighted by atomic mass is 10.2. The maximum atomic E-state index is 12.6. The fourth-order valence-corrected chi connectivity index (χ4v) is 2.27. The van der Waals surface area contributed by atoms with Gasteiger partial charge in [-0.05, 0) is 12.1 Å². The number of hydrogen-bond acceptors (Lipinski definition) is 3. The molecule has 0 spiro atoms. The van der Waals surface area contributed by atoms with Crippen LogP contribution >= 0.6 is 23.2 Å². The van der Waals surface area contributed by atoms with Crippen LogP contribution in [0.5, 0.6) is 0 Å². The van der Waals surface area contributed by atoms with Crippen LogP contribution in [-0.2, 0) is 6.18 Å². The van der Waals surface area contributed by atoms with Gasteiger partial charge in [0.25, 0.3) is 5.91 Å². The largest absolute Gasteiger partial charge is 0.416 e. The SMILES string of the molecule is NC(=O)c1cc(N)n(-c2c(Cl)cc(C(F)(F)F)cc2Cl)n1. The van der Waals surface area contributed by atoms with E-state index in [4.69, 9.17) is 34.7 Å². The zero-order chi connectivity index (χ0) is 15.9. The van der Waals surface area contributed by atoms with Gasteiger partial charge in [-0.1, -0.05) is 23.2 Å². The van der Waals surface area contributed by atoms with Crippen molar-refractivity contribution in [2.75, 3.05) is 5.73 Å². The van der Waals surface area contributed by atoms with Crippen molar-refractivity contribution in [3.05, 3.63) is 39.5 Å². The van der Waals surface area contributed by atoms with E-state index in [-0.39, 0.29) is 27.2 Å². The smallest absolute Gasteiger partial charge is 0.384 e. The summed E-state index contributed by atoms with van der Waals surface area (Å²) in [6.07, 6.45) is -4.60. The number of nitrogens with zero attached hydrogens (tertiary/aromatic N) is 2. The van der Waals surface area contributed by atoms with Gasteiger partial charge in [0.15, 0.2) is 5.69 Å². The summed E-state index contributed by atoms with van der Waals surface area (Å²) in [5.74, 6) is -0.896. The van der Waals surface area contributed by atoms with E-state index in [1.807, 2.05) is 0 Å². The molecule has 4 N–H and O–H groups in total. The molecule has 0 aliphatic carbocycles. The van der Waals surface area contributed by atoms with Gasteiger partial charge in [0.05, 0.1) is 15.6 Å². The van der Waals surface area contributed by atoms with E-state index < -0.39 is 17.6 Å². The van der Waals surface area contributed by atoms with Crippen LogP contribution in [0.1, 0.15) is 16.1 Å². The molecule has 0 unspecified atom stereocenters. The second-order valence-electron chi connectivity index (χ2n) is 4.02. The summed E-state index contributed by atoms with van der Waals surface area (Å²) in [6, 6.07) is 2.54. The number of benzene rings is 1. The minimum atomic E-state index is -4.60. The number of amides is 1. The van der Waals surface area contributed by atoms with E-state index in [0.29, 0.717) is 12.1 Å². The quantitative estimate of drug-likeness (QED) is 0.882. The number of carbonyl (C=O) groups excluding carboxylic acids is 1. The van der Waals surface area contributed by atoms with Gasteiger partial charge in [-0.25, -0.2) is 4.68 Å². The van der Waals surface area contributed by atoms with E-state index >= 15 is 0 Å². The summed E-state index contributed by atoms with van der Waals surface area (Å²) in [7, 11) is 0. The monoisotopic (exact) mass is 338 g/mol. The highest BCUT2D eigenvalue weighted by Gasteiger charge is 2.32. The fraction of sp³-hybridized carbons (Fsp3) is 0.0909. The molecule has 0 saturated heterocycles. The van der Waals surface area contributed by atoms with Crippen LogP contribution in [0.15, 0.2) is 18.2 Å². The van der Waals surface area contributed by atoms with E-state index in [2.05, 4.69) is 5.10 Å². The summed E-state index contributed by atoms with van der Waals surface area (Å²) >= 11 is 11.6. The number of anilines is 1. The Morgan fingerprint density at radius 2 is 1.71 bits per heavy atom. The van der Waals surface area contributed by atoms with Crippen molar-refractivity contribution in [3.63, 3.8) is 0 Å². The van der Waals surface area contributed by atoms with Crippen LogP contribution in [-0.4, -0.2) is 15.7 Å². The fourth-order valence-electron chi connectivity index (χ4n) is 1.63. The predicted molar refractivity (Wildman–Crippen MR) is 71.5 cm³/mol. The van der Waals surface area contributed by atoms with E-state index in [9.17, 15) is 18.0 Å². The molecule has 0 atom stereocenters. The summed E-state index contributed by atoms with van der Waals surface area (Å²) in [5, 5.41) is 3.12. The van der Waals surface area contributed by atoms with E-state index in [1.165, 1.54) is 0 Å². The average Bonchev–Trinajstić information content (AvgIpc) is 2.69. The van der Waals surface area contributed by atoms with Crippen molar-refractivity contribution in [1.29, 1.82) is 0 Å². The summed E-state index contributed by atoms with van der Waals surface area (Å²) < 4.78 is 38.9. The Morgan fingerprint density at radius 3 is 2.10 bits per heavy atom. The Labute approximate surface area is 126 Å². The number of rotatable bonds is 2. The zero-order valence-electron chi connectivity index (χ0n) is 10.1. The third-order valence-electron chi connectivity index (χ3n) is 2.55. The van der Waals surface area contributed by atoms with Gasteiger partial charge in [-0.2, -0.15) is 18.3 Å². The first-order valence-corrected chi connectivity index (χ1v) is 6.09. The Bertz CT molecular complexity index is 704. The van der Waals surface area contributed by atoms with Crippen molar-refractivity contribution in [2.24, 2.45) is 5.73 Å². The number of carbonyl (C=O) groups is 1. The molecule has 10 heteroatoms. The molecule has 0 fully saturated rings. The van der Waals surface area contributed by atoms with Crippen LogP contribution < -0.4 is 11.5 Å². The highest BCUT2D eigenvalue weighted by Crippen LogP contribution is 2.38. The molecule has 112 valence electrons. The summed E-state index contributed by atoms with van der Waals surface area (Å²) in [4.78, 5) is 11.0. The molecule has 0 aliphatic rings. The van der Waals surface area contributed by atoms with Gasteiger partial charge in [0.1, 0.15) is 11.5 Å². The predicted octanol–water partition coefficient (Wildman–Crippen LogP) is 2.88. The summed E-state index contributed by atoms with van der Waals surface area (Å²) in [6.45, 7) is 0. The summed E-state index contributed by atoms with van der Waals surface area (Å²) in [5.41, 5.74) is 9.42. The number of alkyl halides is 3. The molecule has 2 aromatic rings. The molecule has 1 heterocycles. The normalized spacial score (nSPS) is 11.7. The lowest BCUT2D eigenvalue weighted by molar-refractivity contribution is -0.137. The zero-order valence-corrected chi connectivity index (χ0v) is 11.6. The van der Waals surface area contributed by atoms with Crippen molar-refractivity contribution < 1.29 is 18.0 Å². The van der Waals surface area contributed by atoms with Crippen LogP contribution in [0, 0.1) is 0 Å². The molecule has 5 nitrogen and oxygen atoms in total. The second kappa shape index (κ2) is 5.12. The third-order valence-corrected chi connectivity index (χ3v) is 3.12. The molecule has 1 aromatic carbocycles. The first-order valence-electron chi connectivity index (χ1n) is 5.33. The second-order valence-corrected chi connectivity index (χ2v) is 4.83. The molecule has 2 rings (SSSR count). The maximum absolute atomic E-state index is 12.6. The van der Waals surface area contributed by atoms with Crippen LogP contribution in [0.2, 0.25) is 10.0 Å². The van der Waals surface area contributed by atoms with Crippen molar-refractivity contribution in [3.8, 4) is 5.69 Å². The molecule has 0 saturated carbocycles. The van der Waals surface area contributed by atoms with E-state index in [0.717, 1.165) is 10.7 Å². The molecule has 0 radical (unpaired) electrons.